The number of anilines is 1. The summed E-state index contributed by atoms with van der Waals surface area (Å²) in [5.41, 5.74) is 0.956. The molecule has 8 nitrogen and oxygen atoms in total. The Bertz CT molecular complexity index is 1200. The SMILES string of the molecule is COc1ccc(OC)c(N(CC(=O)NCc2ccccc2OC)S(=O)(=O)c2ccccc2)c1. The molecule has 0 fully saturated rings. The van der Waals surface area contributed by atoms with E-state index in [9.17, 15) is 13.2 Å². The largest absolute Gasteiger partial charge is 0.497 e. The number of para-hydroxylation sites is 1. The van der Waals surface area contributed by atoms with E-state index >= 15 is 0 Å². The first-order chi connectivity index (χ1) is 15.9. The quantitative estimate of drug-likeness (QED) is 0.489. The van der Waals surface area contributed by atoms with Gasteiger partial charge in [0.15, 0.2) is 0 Å². The molecule has 0 aliphatic heterocycles. The maximum atomic E-state index is 13.5. The van der Waals surface area contributed by atoms with Gasteiger partial charge in [-0.15, -0.1) is 0 Å². The van der Waals surface area contributed by atoms with Crippen LogP contribution in [0, 0.1) is 0 Å². The highest BCUT2D eigenvalue weighted by atomic mass is 32.2. The number of rotatable bonds is 10. The van der Waals surface area contributed by atoms with Crippen molar-refractivity contribution in [2.75, 3.05) is 32.2 Å². The molecule has 33 heavy (non-hydrogen) atoms. The molecule has 0 aliphatic carbocycles. The first-order valence-electron chi connectivity index (χ1n) is 10.1. The molecular formula is C24H26N2O6S. The molecule has 0 aliphatic rings. The number of nitrogens with one attached hydrogen (secondary N) is 1. The fraction of sp³-hybridized carbons (Fsp3) is 0.208. The van der Waals surface area contributed by atoms with E-state index in [1.54, 1.807) is 43.5 Å². The van der Waals surface area contributed by atoms with Crippen LogP contribution in [-0.2, 0) is 21.4 Å². The van der Waals surface area contributed by atoms with E-state index in [0.29, 0.717) is 11.5 Å². The summed E-state index contributed by atoms with van der Waals surface area (Å²) < 4.78 is 44.1. The fourth-order valence-corrected chi connectivity index (χ4v) is 4.68. The number of hydrogen-bond donors (Lipinski definition) is 1. The van der Waals surface area contributed by atoms with Crippen LogP contribution in [0.2, 0.25) is 0 Å². The third kappa shape index (κ3) is 5.56. The Hall–Kier alpha value is -3.72. The lowest BCUT2D eigenvalue weighted by Gasteiger charge is -2.26. The van der Waals surface area contributed by atoms with Crippen molar-refractivity contribution < 1.29 is 27.4 Å². The summed E-state index contributed by atoms with van der Waals surface area (Å²) in [5.74, 6) is 0.840. The second-order valence-corrected chi connectivity index (χ2v) is 8.81. The lowest BCUT2D eigenvalue weighted by Crippen LogP contribution is -2.41. The number of benzene rings is 3. The lowest BCUT2D eigenvalue weighted by atomic mass is 10.2. The van der Waals surface area contributed by atoms with Crippen LogP contribution in [0.1, 0.15) is 5.56 Å². The summed E-state index contributed by atoms with van der Waals surface area (Å²) in [6, 6.07) is 19.9. The zero-order valence-corrected chi connectivity index (χ0v) is 19.5. The molecule has 1 amide bonds. The standard InChI is InChI=1S/C24H26N2O6S/c1-30-19-13-14-23(32-3)21(15-19)26(33(28,29)20-10-5-4-6-11-20)17-24(27)25-16-18-9-7-8-12-22(18)31-2/h4-15H,16-17H2,1-3H3,(H,25,27). The summed E-state index contributed by atoms with van der Waals surface area (Å²) in [7, 11) is 0.360. The molecular weight excluding hydrogens is 444 g/mol. The van der Waals surface area contributed by atoms with E-state index in [4.69, 9.17) is 14.2 Å². The van der Waals surface area contributed by atoms with Gasteiger partial charge in [0.2, 0.25) is 5.91 Å². The molecule has 0 bridgehead atoms. The van der Waals surface area contributed by atoms with Crippen LogP contribution in [0.25, 0.3) is 0 Å². The maximum absolute atomic E-state index is 13.5. The molecule has 9 heteroatoms. The number of ether oxygens (including phenoxy) is 3. The Morgan fingerprint density at radius 1 is 0.848 bits per heavy atom. The van der Waals surface area contributed by atoms with Crippen molar-refractivity contribution in [2.45, 2.75) is 11.4 Å². The molecule has 0 spiro atoms. The summed E-state index contributed by atoms with van der Waals surface area (Å²) in [6.07, 6.45) is 0. The predicted molar refractivity (Wildman–Crippen MR) is 125 cm³/mol. The molecule has 0 unspecified atom stereocenters. The highest BCUT2D eigenvalue weighted by Gasteiger charge is 2.29. The van der Waals surface area contributed by atoms with Crippen molar-refractivity contribution in [1.29, 1.82) is 0 Å². The van der Waals surface area contributed by atoms with Crippen LogP contribution in [0.3, 0.4) is 0 Å². The zero-order chi connectivity index (χ0) is 23.8. The zero-order valence-electron chi connectivity index (χ0n) is 18.6. The molecule has 0 saturated heterocycles. The fourth-order valence-electron chi connectivity index (χ4n) is 3.24. The smallest absolute Gasteiger partial charge is 0.264 e. The van der Waals surface area contributed by atoms with E-state index in [-0.39, 0.29) is 22.9 Å². The average Bonchev–Trinajstić information content (AvgIpc) is 2.86. The normalized spacial score (nSPS) is 10.9. The van der Waals surface area contributed by atoms with Gasteiger partial charge in [-0.05, 0) is 30.3 Å². The van der Waals surface area contributed by atoms with Gasteiger partial charge in [-0.1, -0.05) is 36.4 Å². The Morgan fingerprint density at radius 3 is 2.18 bits per heavy atom. The highest BCUT2D eigenvalue weighted by molar-refractivity contribution is 7.92. The van der Waals surface area contributed by atoms with Crippen molar-refractivity contribution in [1.82, 2.24) is 5.32 Å². The van der Waals surface area contributed by atoms with Crippen molar-refractivity contribution in [3.63, 3.8) is 0 Å². The van der Waals surface area contributed by atoms with Crippen LogP contribution < -0.4 is 23.8 Å². The van der Waals surface area contributed by atoms with Crippen molar-refractivity contribution >= 4 is 21.6 Å². The van der Waals surface area contributed by atoms with E-state index < -0.39 is 22.5 Å². The minimum absolute atomic E-state index is 0.0485. The molecule has 1 N–H and O–H groups in total. The first-order valence-corrected chi connectivity index (χ1v) is 11.5. The third-order valence-corrected chi connectivity index (χ3v) is 6.72. The average molecular weight is 471 g/mol. The van der Waals surface area contributed by atoms with Crippen LogP contribution in [0.5, 0.6) is 17.2 Å². The topological polar surface area (TPSA) is 94.2 Å². The number of nitrogens with zero attached hydrogens (tertiary/aromatic N) is 1. The number of amides is 1. The highest BCUT2D eigenvalue weighted by Crippen LogP contribution is 2.35. The van der Waals surface area contributed by atoms with Crippen LogP contribution in [0.4, 0.5) is 5.69 Å². The van der Waals surface area contributed by atoms with Crippen LogP contribution >= 0.6 is 0 Å². The van der Waals surface area contributed by atoms with Crippen molar-refractivity contribution in [3.8, 4) is 17.2 Å². The van der Waals surface area contributed by atoms with Gasteiger partial charge >= 0.3 is 0 Å². The lowest BCUT2D eigenvalue weighted by molar-refractivity contribution is -0.119. The van der Waals surface area contributed by atoms with Gasteiger partial charge in [0.05, 0.1) is 31.9 Å². The van der Waals surface area contributed by atoms with Crippen molar-refractivity contribution in [2.24, 2.45) is 0 Å². The van der Waals surface area contributed by atoms with Gasteiger partial charge in [-0.2, -0.15) is 0 Å². The Labute approximate surface area is 193 Å². The molecule has 0 aromatic heterocycles. The third-order valence-electron chi connectivity index (χ3n) is 4.94. The van der Waals surface area contributed by atoms with E-state index in [2.05, 4.69) is 5.32 Å². The van der Waals surface area contributed by atoms with E-state index in [0.717, 1.165) is 9.87 Å². The first kappa shape index (κ1) is 23.9. The van der Waals surface area contributed by atoms with Gasteiger partial charge < -0.3 is 19.5 Å². The predicted octanol–water partition coefficient (Wildman–Crippen LogP) is 3.22. The number of carbonyl (C=O) groups is 1. The molecule has 0 atom stereocenters. The number of hydrogen-bond acceptors (Lipinski definition) is 6. The molecule has 3 aromatic rings. The second-order valence-electron chi connectivity index (χ2n) is 6.95. The monoisotopic (exact) mass is 470 g/mol. The Balaban J connectivity index is 1.95. The van der Waals surface area contributed by atoms with Crippen LogP contribution in [-0.4, -0.2) is 42.2 Å². The summed E-state index contributed by atoms with van der Waals surface area (Å²) in [4.78, 5) is 13.0. The van der Waals surface area contributed by atoms with E-state index in [1.807, 2.05) is 18.2 Å². The van der Waals surface area contributed by atoms with Crippen molar-refractivity contribution in [3.05, 3.63) is 78.4 Å². The van der Waals surface area contributed by atoms with Crippen LogP contribution in [0.15, 0.2) is 77.7 Å². The maximum Gasteiger partial charge on any atom is 0.264 e. The molecule has 0 radical (unpaired) electrons. The minimum atomic E-state index is -4.09. The Morgan fingerprint density at radius 2 is 1.52 bits per heavy atom. The molecule has 3 aromatic carbocycles. The minimum Gasteiger partial charge on any atom is -0.497 e. The second kappa shape index (κ2) is 10.7. The molecule has 174 valence electrons. The Kier molecular flexibility index (Phi) is 7.78. The molecule has 0 saturated carbocycles. The number of sulfonamides is 1. The summed E-state index contributed by atoms with van der Waals surface area (Å²) in [5, 5.41) is 2.77. The van der Waals surface area contributed by atoms with Gasteiger partial charge in [-0.25, -0.2) is 8.42 Å². The number of methoxy groups -OCH3 is 3. The molecule has 3 rings (SSSR count). The van der Waals surface area contributed by atoms with Gasteiger partial charge in [0, 0.05) is 18.2 Å². The van der Waals surface area contributed by atoms with Gasteiger partial charge in [0.25, 0.3) is 10.0 Å². The van der Waals surface area contributed by atoms with Gasteiger partial charge in [-0.3, -0.25) is 9.10 Å². The summed E-state index contributed by atoms with van der Waals surface area (Å²) in [6.45, 7) is -0.285. The summed E-state index contributed by atoms with van der Waals surface area (Å²) >= 11 is 0. The van der Waals surface area contributed by atoms with E-state index in [1.165, 1.54) is 32.4 Å². The molecule has 0 heterocycles. The van der Waals surface area contributed by atoms with Gasteiger partial charge in [0.1, 0.15) is 23.8 Å². The number of carbonyl (C=O) groups excluding carboxylic acids is 1.